The molecule has 2 aromatic carbocycles. The summed E-state index contributed by atoms with van der Waals surface area (Å²) >= 11 is 0. The van der Waals surface area contributed by atoms with E-state index in [-0.39, 0.29) is 10.5 Å². The van der Waals surface area contributed by atoms with Gasteiger partial charge in [-0.3, -0.25) is 4.31 Å². The number of carbonyl (C=O) groups is 1. The molecule has 0 aliphatic carbocycles. The highest BCUT2D eigenvalue weighted by atomic mass is 32.2. The second-order valence-corrected chi connectivity index (χ2v) is 7.23. The van der Waals surface area contributed by atoms with E-state index in [4.69, 9.17) is 5.11 Å². The van der Waals surface area contributed by atoms with Crippen molar-refractivity contribution in [3.05, 3.63) is 58.7 Å². The number of carboxylic acids is 1. The van der Waals surface area contributed by atoms with Gasteiger partial charge in [0.15, 0.2) is 0 Å². The Bertz CT molecular complexity index is 926. The van der Waals surface area contributed by atoms with Crippen LogP contribution in [0.25, 0.3) is 0 Å². The van der Waals surface area contributed by atoms with E-state index in [0.717, 1.165) is 31.3 Å². The second kappa shape index (κ2) is 6.20. The van der Waals surface area contributed by atoms with Gasteiger partial charge in [0.2, 0.25) is 0 Å². The Balaban J connectivity index is 2.66. The summed E-state index contributed by atoms with van der Waals surface area (Å²) in [4.78, 5) is 10.9. The SMILES string of the molecule is Cc1cc(C(=O)O)cc(S(=O)(=O)N(C)c2cc(F)ccc2F)c1C. The number of benzene rings is 2. The number of aryl methyl sites for hydroxylation is 1. The van der Waals surface area contributed by atoms with E-state index >= 15 is 0 Å². The first-order chi connectivity index (χ1) is 11.1. The number of aromatic carboxylic acids is 1. The van der Waals surface area contributed by atoms with Crippen LogP contribution in [-0.4, -0.2) is 26.5 Å². The normalized spacial score (nSPS) is 11.4. The highest BCUT2D eigenvalue weighted by molar-refractivity contribution is 7.92. The van der Waals surface area contributed by atoms with Gasteiger partial charge in [-0.25, -0.2) is 22.0 Å². The minimum Gasteiger partial charge on any atom is -0.478 e. The molecule has 0 aromatic heterocycles. The van der Waals surface area contributed by atoms with E-state index in [0.29, 0.717) is 15.4 Å². The van der Waals surface area contributed by atoms with Crippen molar-refractivity contribution in [3.8, 4) is 0 Å². The maximum atomic E-state index is 13.9. The molecule has 0 aliphatic heterocycles. The van der Waals surface area contributed by atoms with Crippen LogP contribution in [0.3, 0.4) is 0 Å². The van der Waals surface area contributed by atoms with E-state index in [1.165, 1.54) is 13.0 Å². The molecule has 0 aliphatic rings. The van der Waals surface area contributed by atoms with Crippen LogP contribution in [0.15, 0.2) is 35.2 Å². The number of halogens is 2. The number of anilines is 1. The molecule has 24 heavy (non-hydrogen) atoms. The van der Waals surface area contributed by atoms with Crippen LogP contribution in [0.1, 0.15) is 21.5 Å². The largest absolute Gasteiger partial charge is 0.478 e. The Hall–Kier alpha value is -2.48. The fraction of sp³-hybridized carbons (Fsp3) is 0.188. The van der Waals surface area contributed by atoms with Gasteiger partial charge in [0.1, 0.15) is 11.6 Å². The molecule has 5 nitrogen and oxygen atoms in total. The number of hydrogen-bond acceptors (Lipinski definition) is 3. The summed E-state index contributed by atoms with van der Waals surface area (Å²) in [7, 11) is -3.20. The topological polar surface area (TPSA) is 74.7 Å². The highest BCUT2D eigenvalue weighted by Crippen LogP contribution is 2.29. The Morgan fingerprint density at radius 2 is 1.75 bits per heavy atom. The molecule has 2 aromatic rings. The zero-order chi connectivity index (χ0) is 18.2. The third-order valence-electron chi connectivity index (χ3n) is 3.75. The Labute approximate surface area is 138 Å². The molecule has 8 heteroatoms. The Morgan fingerprint density at radius 3 is 2.33 bits per heavy atom. The minimum atomic E-state index is -4.28. The van der Waals surface area contributed by atoms with Crippen molar-refractivity contribution in [1.29, 1.82) is 0 Å². The van der Waals surface area contributed by atoms with Crippen molar-refractivity contribution in [2.45, 2.75) is 18.7 Å². The van der Waals surface area contributed by atoms with Crippen LogP contribution >= 0.6 is 0 Å². The van der Waals surface area contributed by atoms with Crippen LogP contribution in [0.4, 0.5) is 14.5 Å². The monoisotopic (exact) mass is 355 g/mol. The molecule has 0 saturated heterocycles. The van der Waals surface area contributed by atoms with Crippen molar-refractivity contribution < 1.29 is 27.1 Å². The lowest BCUT2D eigenvalue weighted by Gasteiger charge is -2.22. The molecule has 0 unspecified atom stereocenters. The van der Waals surface area contributed by atoms with Gasteiger partial charge in [-0.2, -0.15) is 0 Å². The van der Waals surface area contributed by atoms with E-state index in [1.54, 1.807) is 6.92 Å². The lowest BCUT2D eigenvalue weighted by Crippen LogP contribution is -2.28. The van der Waals surface area contributed by atoms with Crippen molar-refractivity contribution in [2.75, 3.05) is 11.4 Å². The Kier molecular flexibility index (Phi) is 4.61. The fourth-order valence-electron chi connectivity index (χ4n) is 2.22. The number of nitrogens with zero attached hydrogens (tertiary/aromatic N) is 1. The van der Waals surface area contributed by atoms with Gasteiger partial charge in [0, 0.05) is 13.1 Å². The minimum absolute atomic E-state index is 0.204. The standard InChI is InChI=1S/C16H15F2NO4S/c1-9-6-11(16(20)21)7-15(10(9)2)24(22,23)19(3)14-8-12(17)4-5-13(14)18/h4-8H,1-3H3,(H,20,21). The van der Waals surface area contributed by atoms with Crippen molar-refractivity contribution in [3.63, 3.8) is 0 Å². The molecule has 0 spiro atoms. The van der Waals surface area contributed by atoms with E-state index in [2.05, 4.69) is 0 Å². The molecule has 0 heterocycles. The number of carboxylic acid groups (broad SMARTS) is 1. The molecule has 0 radical (unpaired) electrons. The first kappa shape index (κ1) is 17.9. The fourth-order valence-corrected chi connectivity index (χ4v) is 3.74. The summed E-state index contributed by atoms with van der Waals surface area (Å²) < 4.78 is 53.4. The summed E-state index contributed by atoms with van der Waals surface area (Å²) in [5, 5.41) is 9.11. The van der Waals surface area contributed by atoms with Crippen LogP contribution in [0.2, 0.25) is 0 Å². The van der Waals surface area contributed by atoms with E-state index in [1.807, 2.05) is 0 Å². The smallest absolute Gasteiger partial charge is 0.335 e. The molecule has 128 valence electrons. The summed E-state index contributed by atoms with van der Waals surface area (Å²) in [5.74, 6) is -2.99. The number of sulfonamides is 1. The molecule has 2 rings (SSSR count). The summed E-state index contributed by atoms with van der Waals surface area (Å²) in [5.41, 5.74) is 0.128. The average molecular weight is 355 g/mol. The molecular weight excluding hydrogens is 340 g/mol. The lowest BCUT2D eigenvalue weighted by molar-refractivity contribution is 0.0696. The van der Waals surface area contributed by atoms with E-state index in [9.17, 15) is 22.0 Å². The van der Waals surface area contributed by atoms with Gasteiger partial charge in [-0.05, 0) is 49.2 Å². The molecule has 1 N–H and O–H groups in total. The Morgan fingerprint density at radius 1 is 1.12 bits per heavy atom. The van der Waals surface area contributed by atoms with Gasteiger partial charge in [-0.1, -0.05) is 0 Å². The third-order valence-corrected chi connectivity index (χ3v) is 5.65. The molecule has 0 bridgehead atoms. The maximum absolute atomic E-state index is 13.9. The van der Waals surface area contributed by atoms with Gasteiger partial charge >= 0.3 is 5.97 Å². The zero-order valence-corrected chi connectivity index (χ0v) is 14.0. The predicted octanol–water partition coefficient (Wildman–Crippen LogP) is 3.10. The van der Waals surface area contributed by atoms with Crippen LogP contribution in [0.5, 0.6) is 0 Å². The van der Waals surface area contributed by atoms with Gasteiger partial charge in [0.05, 0.1) is 16.1 Å². The molecule has 0 fully saturated rings. The van der Waals surface area contributed by atoms with Gasteiger partial charge in [-0.15, -0.1) is 0 Å². The summed E-state index contributed by atoms with van der Waals surface area (Å²) in [6, 6.07) is 4.81. The third kappa shape index (κ3) is 3.09. The maximum Gasteiger partial charge on any atom is 0.335 e. The first-order valence-electron chi connectivity index (χ1n) is 6.84. The summed E-state index contributed by atoms with van der Waals surface area (Å²) in [6.07, 6.45) is 0. The molecular formula is C16H15F2NO4S. The number of hydrogen-bond donors (Lipinski definition) is 1. The molecule has 0 amide bonds. The number of rotatable bonds is 4. The lowest BCUT2D eigenvalue weighted by atomic mass is 10.1. The summed E-state index contributed by atoms with van der Waals surface area (Å²) in [6.45, 7) is 3.09. The van der Waals surface area contributed by atoms with Crippen molar-refractivity contribution >= 4 is 21.7 Å². The van der Waals surface area contributed by atoms with Crippen LogP contribution < -0.4 is 4.31 Å². The first-order valence-corrected chi connectivity index (χ1v) is 8.28. The van der Waals surface area contributed by atoms with Crippen LogP contribution in [-0.2, 0) is 10.0 Å². The second-order valence-electron chi connectivity index (χ2n) is 5.29. The molecule has 0 saturated carbocycles. The van der Waals surface area contributed by atoms with Gasteiger partial charge < -0.3 is 5.11 Å². The average Bonchev–Trinajstić information content (AvgIpc) is 2.51. The van der Waals surface area contributed by atoms with Gasteiger partial charge in [0.25, 0.3) is 10.0 Å². The van der Waals surface area contributed by atoms with Crippen molar-refractivity contribution in [2.24, 2.45) is 0 Å². The predicted molar refractivity (Wildman–Crippen MR) is 84.8 cm³/mol. The molecule has 0 atom stereocenters. The van der Waals surface area contributed by atoms with E-state index < -0.39 is 33.3 Å². The quantitative estimate of drug-likeness (QED) is 0.914. The zero-order valence-electron chi connectivity index (χ0n) is 13.2. The van der Waals surface area contributed by atoms with Crippen LogP contribution in [0, 0.1) is 25.5 Å². The highest BCUT2D eigenvalue weighted by Gasteiger charge is 2.27. The van der Waals surface area contributed by atoms with Crippen molar-refractivity contribution in [1.82, 2.24) is 0 Å².